The molecule has 0 bridgehead atoms. The summed E-state index contributed by atoms with van der Waals surface area (Å²) in [6.45, 7) is 10.0. The topological polar surface area (TPSA) is 24.5 Å². The number of nitrogens with one attached hydrogen (secondary N) is 1. The third-order valence-corrected chi connectivity index (χ3v) is 5.73. The van der Waals surface area contributed by atoms with Crippen molar-refractivity contribution in [3.8, 4) is 5.75 Å². The van der Waals surface area contributed by atoms with Gasteiger partial charge in [-0.1, -0.05) is 74.0 Å². The molecule has 3 nitrogen and oxygen atoms in total. The fourth-order valence-electron chi connectivity index (χ4n) is 3.59. The van der Waals surface area contributed by atoms with Gasteiger partial charge in [-0.3, -0.25) is 0 Å². The molecular formula is C25H33Cl3N2O. The lowest BCUT2D eigenvalue weighted by Gasteiger charge is -2.18. The largest absolute Gasteiger partial charge is 0.488 e. The molecular weight excluding hydrogens is 451 g/mol. The molecule has 0 saturated carbocycles. The Hall–Kier alpha value is -1.49. The van der Waals surface area contributed by atoms with E-state index in [1.807, 2.05) is 24.3 Å². The summed E-state index contributed by atoms with van der Waals surface area (Å²) in [5.74, 6) is 0.917. The van der Waals surface area contributed by atoms with E-state index in [0.717, 1.165) is 55.5 Å². The lowest BCUT2D eigenvalue weighted by atomic mass is 10.0. The van der Waals surface area contributed by atoms with Crippen LogP contribution in [-0.4, -0.2) is 31.1 Å². The summed E-state index contributed by atoms with van der Waals surface area (Å²) >= 11 is 6.30. The lowest BCUT2D eigenvalue weighted by Crippen LogP contribution is -2.27. The van der Waals surface area contributed by atoms with Crippen LogP contribution in [0.3, 0.4) is 0 Å². The zero-order valence-electron chi connectivity index (χ0n) is 18.3. The average Bonchev–Trinajstić information content (AvgIpc) is 2.76. The highest BCUT2D eigenvalue weighted by atomic mass is 35.5. The maximum Gasteiger partial charge on any atom is 0.124 e. The van der Waals surface area contributed by atoms with Gasteiger partial charge >= 0.3 is 0 Å². The number of nitrogens with zero attached hydrogens (tertiary/aromatic N) is 1. The number of halogens is 3. The van der Waals surface area contributed by atoms with Crippen molar-refractivity contribution in [1.29, 1.82) is 0 Å². The zero-order valence-corrected chi connectivity index (χ0v) is 20.7. The van der Waals surface area contributed by atoms with Crippen LogP contribution in [0.2, 0.25) is 5.02 Å². The van der Waals surface area contributed by atoms with Gasteiger partial charge in [0.1, 0.15) is 12.4 Å². The Kier molecular flexibility index (Phi) is 12.9. The Morgan fingerprint density at radius 3 is 2.35 bits per heavy atom. The Morgan fingerprint density at radius 1 is 0.903 bits per heavy atom. The van der Waals surface area contributed by atoms with E-state index in [-0.39, 0.29) is 24.8 Å². The van der Waals surface area contributed by atoms with Gasteiger partial charge in [-0.2, -0.15) is 0 Å². The zero-order chi connectivity index (χ0) is 20.5. The SMILES string of the molecule is CCN(CC)CCCNCc1c(OCc2ccccc2Cl)ccc2ccccc12.Cl.Cl. The number of benzene rings is 3. The van der Waals surface area contributed by atoms with Gasteiger partial charge in [0.05, 0.1) is 0 Å². The summed E-state index contributed by atoms with van der Waals surface area (Å²) in [7, 11) is 0. The smallest absolute Gasteiger partial charge is 0.124 e. The molecule has 6 heteroatoms. The molecule has 0 spiro atoms. The number of fused-ring (bicyclic) bond motifs is 1. The molecule has 3 aromatic rings. The maximum atomic E-state index is 6.30. The first-order chi connectivity index (χ1) is 14.2. The first-order valence-corrected chi connectivity index (χ1v) is 10.9. The van der Waals surface area contributed by atoms with Crippen LogP contribution in [0.5, 0.6) is 5.75 Å². The van der Waals surface area contributed by atoms with Gasteiger partial charge in [0.25, 0.3) is 0 Å². The molecule has 0 amide bonds. The van der Waals surface area contributed by atoms with Crippen molar-refractivity contribution >= 4 is 47.2 Å². The molecule has 0 unspecified atom stereocenters. The highest BCUT2D eigenvalue weighted by Crippen LogP contribution is 2.29. The van der Waals surface area contributed by atoms with Gasteiger partial charge in [-0.05, 0) is 55.5 Å². The average molecular weight is 484 g/mol. The summed E-state index contributed by atoms with van der Waals surface area (Å²) in [6.07, 6.45) is 1.14. The minimum atomic E-state index is 0. The normalized spacial score (nSPS) is 10.6. The second-order valence-electron chi connectivity index (χ2n) is 7.20. The van der Waals surface area contributed by atoms with E-state index in [1.54, 1.807) is 0 Å². The molecule has 0 aliphatic carbocycles. The molecule has 0 aliphatic heterocycles. The van der Waals surface area contributed by atoms with Crippen molar-refractivity contribution in [1.82, 2.24) is 10.2 Å². The monoisotopic (exact) mass is 482 g/mol. The Balaban J connectivity index is 0.00000240. The van der Waals surface area contributed by atoms with Crippen LogP contribution in [0.25, 0.3) is 10.8 Å². The van der Waals surface area contributed by atoms with Crippen molar-refractivity contribution in [2.75, 3.05) is 26.2 Å². The Labute approximate surface area is 203 Å². The molecule has 31 heavy (non-hydrogen) atoms. The quantitative estimate of drug-likeness (QED) is 0.306. The van der Waals surface area contributed by atoms with E-state index < -0.39 is 0 Å². The highest BCUT2D eigenvalue weighted by Gasteiger charge is 2.10. The molecule has 0 atom stereocenters. The fourth-order valence-corrected chi connectivity index (χ4v) is 3.78. The van der Waals surface area contributed by atoms with Crippen LogP contribution in [0, 0.1) is 0 Å². The summed E-state index contributed by atoms with van der Waals surface area (Å²) < 4.78 is 6.21. The van der Waals surface area contributed by atoms with E-state index in [4.69, 9.17) is 16.3 Å². The van der Waals surface area contributed by atoms with Crippen molar-refractivity contribution in [2.45, 2.75) is 33.4 Å². The van der Waals surface area contributed by atoms with Crippen LogP contribution in [-0.2, 0) is 13.2 Å². The van der Waals surface area contributed by atoms with Gasteiger partial charge in [0.2, 0.25) is 0 Å². The third kappa shape index (κ3) is 7.85. The van der Waals surface area contributed by atoms with Crippen molar-refractivity contribution in [3.63, 3.8) is 0 Å². The van der Waals surface area contributed by atoms with Crippen LogP contribution in [0.4, 0.5) is 0 Å². The van der Waals surface area contributed by atoms with E-state index in [9.17, 15) is 0 Å². The predicted octanol–water partition coefficient (Wildman–Crippen LogP) is 6.74. The number of hydrogen-bond donors (Lipinski definition) is 1. The van der Waals surface area contributed by atoms with Crippen molar-refractivity contribution in [2.24, 2.45) is 0 Å². The number of rotatable bonds is 11. The highest BCUT2D eigenvalue weighted by molar-refractivity contribution is 6.31. The first kappa shape index (κ1) is 27.5. The molecule has 0 radical (unpaired) electrons. The molecule has 3 aromatic carbocycles. The van der Waals surface area contributed by atoms with Crippen molar-refractivity contribution < 1.29 is 4.74 Å². The van der Waals surface area contributed by atoms with Crippen LogP contribution < -0.4 is 10.1 Å². The summed E-state index contributed by atoms with van der Waals surface area (Å²) in [6, 6.07) is 20.5. The predicted molar refractivity (Wildman–Crippen MR) is 138 cm³/mol. The number of ether oxygens (including phenoxy) is 1. The van der Waals surface area contributed by atoms with Gasteiger partial charge in [0.15, 0.2) is 0 Å². The van der Waals surface area contributed by atoms with Crippen molar-refractivity contribution in [3.05, 3.63) is 76.8 Å². The molecule has 3 rings (SSSR count). The lowest BCUT2D eigenvalue weighted by molar-refractivity contribution is 0.296. The molecule has 0 aromatic heterocycles. The van der Waals surface area contributed by atoms with Crippen LogP contribution in [0.1, 0.15) is 31.4 Å². The first-order valence-electron chi connectivity index (χ1n) is 10.5. The summed E-state index contributed by atoms with van der Waals surface area (Å²) in [5, 5.41) is 6.83. The maximum absolute atomic E-state index is 6.30. The second kappa shape index (κ2) is 14.5. The molecule has 1 N–H and O–H groups in total. The Morgan fingerprint density at radius 2 is 1.61 bits per heavy atom. The fraction of sp³-hybridized carbons (Fsp3) is 0.360. The number of hydrogen-bond acceptors (Lipinski definition) is 3. The van der Waals surface area contributed by atoms with Crippen LogP contribution in [0.15, 0.2) is 60.7 Å². The minimum Gasteiger partial charge on any atom is -0.488 e. The Bertz CT molecular complexity index is 916. The summed E-state index contributed by atoms with van der Waals surface area (Å²) in [5.41, 5.74) is 2.21. The molecule has 0 saturated heterocycles. The van der Waals surface area contributed by atoms with E-state index in [2.05, 4.69) is 60.5 Å². The molecule has 0 aliphatic rings. The van der Waals surface area contributed by atoms with E-state index >= 15 is 0 Å². The minimum absolute atomic E-state index is 0. The van der Waals surface area contributed by atoms with Gasteiger partial charge in [-0.15, -0.1) is 24.8 Å². The van der Waals surface area contributed by atoms with Gasteiger partial charge in [0, 0.05) is 22.7 Å². The van der Waals surface area contributed by atoms with Gasteiger partial charge < -0.3 is 15.0 Å². The second-order valence-corrected chi connectivity index (χ2v) is 7.61. The summed E-state index contributed by atoms with van der Waals surface area (Å²) in [4.78, 5) is 2.46. The molecule has 0 heterocycles. The molecule has 0 fully saturated rings. The van der Waals surface area contributed by atoms with E-state index in [0.29, 0.717) is 6.61 Å². The standard InChI is InChI=1S/C25H31ClN2O.2ClH/c1-3-28(4-2)17-9-16-27-18-23-22-12-7-5-10-20(22)14-15-25(23)29-19-21-11-6-8-13-24(21)26;;/h5-8,10-15,27H,3-4,9,16-19H2,1-2H3;2*1H. The van der Waals surface area contributed by atoms with E-state index in [1.165, 1.54) is 16.3 Å². The van der Waals surface area contributed by atoms with Gasteiger partial charge in [-0.25, -0.2) is 0 Å². The third-order valence-electron chi connectivity index (χ3n) is 5.36. The van der Waals surface area contributed by atoms with Crippen LogP contribution >= 0.6 is 36.4 Å². The molecule has 170 valence electrons.